The van der Waals surface area contributed by atoms with Gasteiger partial charge in [0.15, 0.2) is 5.52 Å². The summed E-state index contributed by atoms with van der Waals surface area (Å²) in [5.41, 5.74) is 2.21. The molecule has 0 fully saturated rings. The molecule has 0 aliphatic heterocycles. The van der Waals surface area contributed by atoms with Gasteiger partial charge in [-0.25, -0.2) is 0 Å². The molecule has 1 N–H and O–H groups in total. The second-order valence-electron chi connectivity index (χ2n) is 5.54. The smallest absolute Gasteiger partial charge is 0.296 e. The highest BCUT2D eigenvalue weighted by molar-refractivity contribution is 5.77. The average molecular weight is 326 g/mol. The maximum absolute atomic E-state index is 12.4. The van der Waals surface area contributed by atoms with Gasteiger partial charge in [-0.2, -0.15) is 9.78 Å². The standard InChI is InChI=1S/C16H18N6O2/c1-11-14-15(21(2)19-11)16(24)22(20-18-14)10-13(23)17-9-8-12-6-4-3-5-7-12/h3-7H,8-10H2,1-2H3,(H,17,23). The van der Waals surface area contributed by atoms with Gasteiger partial charge >= 0.3 is 0 Å². The van der Waals surface area contributed by atoms with Crippen LogP contribution >= 0.6 is 0 Å². The van der Waals surface area contributed by atoms with Gasteiger partial charge in [0.05, 0.1) is 5.69 Å². The minimum absolute atomic E-state index is 0.166. The van der Waals surface area contributed by atoms with E-state index in [0.717, 1.165) is 16.7 Å². The molecule has 0 aliphatic carbocycles. The Labute approximate surface area is 138 Å². The van der Waals surface area contributed by atoms with Crippen molar-refractivity contribution < 1.29 is 4.79 Å². The molecule has 0 saturated carbocycles. The lowest BCUT2D eigenvalue weighted by atomic mass is 10.1. The number of amides is 1. The summed E-state index contributed by atoms with van der Waals surface area (Å²) < 4.78 is 2.52. The van der Waals surface area contributed by atoms with Gasteiger partial charge in [0, 0.05) is 13.6 Å². The Morgan fingerprint density at radius 3 is 2.75 bits per heavy atom. The summed E-state index contributed by atoms with van der Waals surface area (Å²) in [6, 6.07) is 9.86. The van der Waals surface area contributed by atoms with Gasteiger partial charge in [-0.15, -0.1) is 5.10 Å². The van der Waals surface area contributed by atoms with Crippen LogP contribution in [0.3, 0.4) is 0 Å². The second kappa shape index (κ2) is 6.61. The highest BCUT2D eigenvalue weighted by Crippen LogP contribution is 2.08. The van der Waals surface area contributed by atoms with Crippen LogP contribution in [0.15, 0.2) is 35.1 Å². The van der Waals surface area contributed by atoms with E-state index >= 15 is 0 Å². The molecule has 0 aliphatic rings. The van der Waals surface area contributed by atoms with Crippen LogP contribution in [0.2, 0.25) is 0 Å². The number of fused-ring (bicyclic) bond motifs is 1. The summed E-state index contributed by atoms with van der Waals surface area (Å²) in [7, 11) is 1.67. The number of aryl methyl sites for hydroxylation is 2. The van der Waals surface area contributed by atoms with Gasteiger partial charge in [0.25, 0.3) is 5.56 Å². The van der Waals surface area contributed by atoms with E-state index in [4.69, 9.17) is 0 Å². The maximum atomic E-state index is 12.4. The largest absolute Gasteiger partial charge is 0.354 e. The van der Waals surface area contributed by atoms with Gasteiger partial charge in [0.2, 0.25) is 5.91 Å². The van der Waals surface area contributed by atoms with Crippen LogP contribution in [0.4, 0.5) is 0 Å². The van der Waals surface area contributed by atoms with Crippen molar-refractivity contribution in [2.24, 2.45) is 7.05 Å². The van der Waals surface area contributed by atoms with Crippen LogP contribution in [0.1, 0.15) is 11.3 Å². The SMILES string of the molecule is Cc1nn(C)c2c(=O)n(CC(=O)NCCc3ccccc3)nnc12. The van der Waals surface area contributed by atoms with Crippen LogP contribution in [0.25, 0.3) is 11.0 Å². The summed E-state index contributed by atoms with van der Waals surface area (Å²) in [5, 5.41) is 14.8. The Kier molecular flexibility index (Phi) is 4.37. The molecule has 1 amide bonds. The number of nitrogens with zero attached hydrogens (tertiary/aromatic N) is 5. The number of benzene rings is 1. The number of carbonyl (C=O) groups is 1. The third-order valence-electron chi connectivity index (χ3n) is 3.75. The number of rotatable bonds is 5. The molecule has 2 heterocycles. The number of nitrogens with one attached hydrogen (secondary N) is 1. The fourth-order valence-corrected chi connectivity index (χ4v) is 2.55. The van der Waals surface area contributed by atoms with Gasteiger partial charge in [-0.3, -0.25) is 14.3 Å². The predicted molar refractivity (Wildman–Crippen MR) is 88.5 cm³/mol. The molecule has 0 radical (unpaired) electrons. The van der Waals surface area contributed by atoms with Gasteiger partial charge in [-0.1, -0.05) is 35.5 Å². The van der Waals surface area contributed by atoms with Crippen LogP contribution in [-0.2, 0) is 24.8 Å². The number of aromatic nitrogens is 5. The summed E-state index contributed by atoms with van der Waals surface area (Å²) in [6.07, 6.45) is 0.729. The first kappa shape index (κ1) is 15.9. The zero-order valence-corrected chi connectivity index (χ0v) is 13.6. The molecule has 8 heteroatoms. The Morgan fingerprint density at radius 1 is 1.25 bits per heavy atom. The van der Waals surface area contributed by atoms with Crippen LogP contribution < -0.4 is 10.9 Å². The van der Waals surface area contributed by atoms with Crippen molar-refractivity contribution in [2.75, 3.05) is 6.54 Å². The average Bonchev–Trinajstić information content (AvgIpc) is 2.86. The first-order valence-electron chi connectivity index (χ1n) is 7.64. The normalized spacial score (nSPS) is 10.9. The summed E-state index contributed by atoms with van der Waals surface area (Å²) in [4.78, 5) is 24.4. The predicted octanol–water partition coefficient (Wildman–Crippen LogP) is 0.192. The molecule has 0 bridgehead atoms. The first-order valence-corrected chi connectivity index (χ1v) is 7.64. The highest BCUT2D eigenvalue weighted by atomic mass is 16.2. The minimum Gasteiger partial charge on any atom is -0.354 e. The number of carbonyl (C=O) groups excluding carboxylic acids is 1. The zero-order valence-electron chi connectivity index (χ0n) is 13.6. The summed E-state index contributed by atoms with van der Waals surface area (Å²) in [6.45, 7) is 2.09. The third-order valence-corrected chi connectivity index (χ3v) is 3.75. The van der Waals surface area contributed by atoms with Gasteiger partial charge < -0.3 is 5.32 Å². The van der Waals surface area contributed by atoms with Crippen molar-refractivity contribution in [3.05, 3.63) is 51.9 Å². The Bertz CT molecular complexity index is 929. The van der Waals surface area contributed by atoms with Crippen molar-refractivity contribution >= 4 is 16.9 Å². The minimum atomic E-state index is -0.374. The molecule has 2 aromatic heterocycles. The molecular formula is C16H18N6O2. The summed E-state index contributed by atoms with van der Waals surface area (Å²) in [5.74, 6) is -0.277. The van der Waals surface area contributed by atoms with Gasteiger partial charge in [0.1, 0.15) is 12.1 Å². The molecule has 0 unspecified atom stereocenters. The number of hydrogen-bond donors (Lipinski definition) is 1. The first-order chi connectivity index (χ1) is 11.6. The monoisotopic (exact) mass is 326 g/mol. The highest BCUT2D eigenvalue weighted by Gasteiger charge is 2.15. The van der Waals surface area contributed by atoms with E-state index in [1.54, 1.807) is 14.0 Å². The van der Waals surface area contributed by atoms with E-state index < -0.39 is 0 Å². The quantitative estimate of drug-likeness (QED) is 0.722. The van der Waals surface area contributed by atoms with E-state index in [9.17, 15) is 9.59 Å². The fraction of sp³-hybridized carbons (Fsp3) is 0.312. The lowest BCUT2D eigenvalue weighted by Crippen LogP contribution is -2.35. The van der Waals surface area contributed by atoms with E-state index in [1.807, 2.05) is 30.3 Å². The molecule has 1 aromatic carbocycles. The Balaban J connectivity index is 1.66. The Morgan fingerprint density at radius 2 is 2.00 bits per heavy atom. The molecule has 3 aromatic rings. The van der Waals surface area contributed by atoms with Crippen molar-refractivity contribution in [1.29, 1.82) is 0 Å². The molecule has 0 spiro atoms. The molecule has 24 heavy (non-hydrogen) atoms. The molecule has 8 nitrogen and oxygen atoms in total. The van der Waals surface area contributed by atoms with Crippen molar-refractivity contribution in [3.8, 4) is 0 Å². The topological polar surface area (TPSA) is 94.7 Å². The molecule has 0 atom stereocenters. The van der Waals surface area contributed by atoms with Crippen LogP contribution in [-0.4, -0.2) is 37.2 Å². The molecule has 3 rings (SSSR count). The fourth-order valence-electron chi connectivity index (χ4n) is 2.55. The molecular weight excluding hydrogens is 308 g/mol. The molecule has 124 valence electrons. The number of hydrogen-bond acceptors (Lipinski definition) is 5. The van der Waals surface area contributed by atoms with E-state index in [-0.39, 0.29) is 18.0 Å². The lowest BCUT2D eigenvalue weighted by Gasteiger charge is -2.06. The van der Waals surface area contributed by atoms with E-state index in [1.165, 1.54) is 4.68 Å². The molecule has 0 saturated heterocycles. The summed E-state index contributed by atoms with van der Waals surface area (Å²) >= 11 is 0. The van der Waals surface area contributed by atoms with Crippen molar-refractivity contribution in [2.45, 2.75) is 19.9 Å². The van der Waals surface area contributed by atoms with Crippen LogP contribution in [0, 0.1) is 6.92 Å². The second-order valence-corrected chi connectivity index (χ2v) is 5.54. The van der Waals surface area contributed by atoms with Crippen LogP contribution in [0.5, 0.6) is 0 Å². The third kappa shape index (κ3) is 3.17. The van der Waals surface area contributed by atoms with Crippen molar-refractivity contribution in [3.63, 3.8) is 0 Å². The van der Waals surface area contributed by atoms with E-state index in [2.05, 4.69) is 20.7 Å². The van der Waals surface area contributed by atoms with Gasteiger partial charge in [-0.05, 0) is 18.9 Å². The lowest BCUT2D eigenvalue weighted by molar-refractivity contribution is -0.121. The maximum Gasteiger partial charge on any atom is 0.296 e. The zero-order chi connectivity index (χ0) is 17.1. The van der Waals surface area contributed by atoms with E-state index in [0.29, 0.717) is 23.3 Å². The Hall–Kier alpha value is -3.03. The van der Waals surface area contributed by atoms with Crippen molar-refractivity contribution in [1.82, 2.24) is 30.1 Å².